The minimum atomic E-state index is 0. The second kappa shape index (κ2) is 13.1. The molecule has 0 aliphatic rings. The minimum absolute atomic E-state index is 0. The van der Waals surface area contributed by atoms with Crippen LogP contribution in [0.25, 0.3) is 0 Å². The summed E-state index contributed by atoms with van der Waals surface area (Å²) in [6.07, 6.45) is 7.71. The standard InChI is InChI=1S/2C7H7BrClNS.H2S/c2*1-11-4-5-2-6(8)7(9)10-3-5;/h2*2-3H,4H2,1H3;1H2. The molecule has 9 heteroatoms. The van der Waals surface area contributed by atoms with Gasteiger partial charge < -0.3 is 0 Å². The van der Waals surface area contributed by atoms with Gasteiger partial charge in [-0.25, -0.2) is 9.97 Å². The van der Waals surface area contributed by atoms with Gasteiger partial charge >= 0.3 is 0 Å². The van der Waals surface area contributed by atoms with Crippen LogP contribution < -0.4 is 0 Å². The lowest BCUT2D eigenvalue weighted by Gasteiger charge is -1.99. The molecule has 0 amide bonds. The van der Waals surface area contributed by atoms with Crippen molar-refractivity contribution in [3.63, 3.8) is 0 Å². The molecule has 0 saturated carbocycles. The van der Waals surface area contributed by atoms with E-state index in [1.54, 1.807) is 35.9 Å². The van der Waals surface area contributed by atoms with Crippen LogP contribution in [0.3, 0.4) is 0 Å². The molecule has 2 aromatic rings. The van der Waals surface area contributed by atoms with E-state index in [0.717, 1.165) is 20.5 Å². The third kappa shape index (κ3) is 9.23. The van der Waals surface area contributed by atoms with E-state index in [1.165, 1.54) is 11.1 Å². The normalized spacial score (nSPS) is 9.65. The van der Waals surface area contributed by atoms with Gasteiger partial charge in [0.25, 0.3) is 0 Å². The van der Waals surface area contributed by atoms with E-state index >= 15 is 0 Å². The molecule has 0 bridgehead atoms. The van der Waals surface area contributed by atoms with Crippen LogP contribution in [0.2, 0.25) is 10.3 Å². The van der Waals surface area contributed by atoms with Crippen LogP contribution in [0.15, 0.2) is 33.5 Å². The summed E-state index contributed by atoms with van der Waals surface area (Å²) in [4.78, 5) is 8.00. The Balaban J connectivity index is 0.000000403. The number of thioether (sulfide) groups is 2. The van der Waals surface area contributed by atoms with Gasteiger partial charge in [0.05, 0.1) is 8.95 Å². The molecule has 0 aromatic carbocycles. The maximum absolute atomic E-state index is 5.72. The summed E-state index contributed by atoms with van der Waals surface area (Å²) in [6, 6.07) is 3.98. The molecule has 0 saturated heterocycles. The second-order valence-corrected chi connectivity index (χ2v) is 8.26. The lowest BCUT2D eigenvalue weighted by atomic mass is 10.3. The molecule has 0 aliphatic carbocycles. The summed E-state index contributed by atoms with van der Waals surface area (Å²) < 4.78 is 1.73. The van der Waals surface area contributed by atoms with Crippen LogP contribution in [-0.2, 0) is 11.5 Å². The Morgan fingerprint density at radius 3 is 1.48 bits per heavy atom. The average molecular weight is 539 g/mol. The molecule has 0 aliphatic heterocycles. The van der Waals surface area contributed by atoms with Crippen molar-refractivity contribution in [2.24, 2.45) is 0 Å². The number of hydrogen-bond donors (Lipinski definition) is 0. The molecule has 2 heterocycles. The van der Waals surface area contributed by atoms with Crippen LogP contribution in [0.4, 0.5) is 0 Å². The van der Waals surface area contributed by atoms with Crippen molar-refractivity contribution < 1.29 is 0 Å². The molecule has 0 radical (unpaired) electrons. The Bertz CT molecular complexity index is 565. The Kier molecular flexibility index (Phi) is 13.6. The van der Waals surface area contributed by atoms with Crippen LogP contribution in [0.1, 0.15) is 11.1 Å². The van der Waals surface area contributed by atoms with Crippen molar-refractivity contribution in [2.75, 3.05) is 12.5 Å². The first-order valence-electron chi connectivity index (χ1n) is 6.05. The molecular formula is C14H16Br2Cl2N2S3. The van der Waals surface area contributed by atoms with E-state index in [9.17, 15) is 0 Å². The van der Waals surface area contributed by atoms with Gasteiger partial charge in [0, 0.05) is 23.9 Å². The molecule has 23 heavy (non-hydrogen) atoms. The third-order valence-electron chi connectivity index (χ3n) is 2.33. The van der Waals surface area contributed by atoms with Crippen molar-refractivity contribution in [1.82, 2.24) is 9.97 Å². The van der Waals surface area contributed by atoms with E-state index in [1.807, 2.05) is 12.1 Å². The van der Waals surface area contributed by atoms with Crippen molar-refractivity contribution in [3.8, 4) is 0 Å². The smallest absolute Gasteiger partial charge is 0.143 e. The number of aromatic nitrogens is 2. The predicted molar refractivity (Wildman–Crippen MR) is 119 cm³/mol. The van der Waals surface area contributed by atoms with Crippen LogP contribution >= 0.6 is 92.1 Å². The van der Waals surface area contributed by atoms with Gasteiger partial charge in [-0.1, -0.05) is 23.2 Å². The Labute approximate surface area is 179 Å². The highest BCUT2D eigenvalue weighted by Crippen LogP contribution is 2.22. The third-order valence-corrected chi connectivity index (χ3v) is 5.84. The monoisotopic (exact) mass is 536 g/mol. The molecular weight excluding hydrogens is 523 g/mol. The van der Waals surface area contributed by atoms with Crippen LogP contribution in [0, 0.1) is 0 Å². The maximum atomic E-state index is 5.72. The van der Waals surface area contributed by atoms with Crippen molar-refractivity contribution in [1.29, 1.82) is 0 Å². The van der Waals surface area contributed by atoms with E-state index < -0.39 is 0 Å². The van der Waals surface area contributed by atoms with Crippen LogP contribution in [0.5, 0.6) is 0 Å². The molecule has 0 atom stereocenters. The highest BCUT2D eigenvalue weighted by molar-refractivity contribution is 9.10. The molecule has 128 valence electrons. The van der Waals surface area contributed by atoms with Crippen molar-refractivity contribution in [3.05, 3.63) is 54.9 Å². The van der Waals surface area contributed by atoms with Gasteiger partial charge in [-0.2, -0.15) is 37.0 Å². The first kappa shape index (κ1) is 23.9. The lowest BCUT2D eigenvalue weighted by Crippen LogP contribution is -1.83. The van der Waals surface area contributed by atoms with Crippen molar-refractivity contribution in [2.45, 2.75) is 11.5 Å². The Morgan fingerprint density at radius 2 is 1.22 bits per heavy atom. The van der Waals surface area contributed by atoms with Crippen molar-refractivity contribution >= 4 is 92.1 Å². The minimum Gasteiger partial charge on any atom is -0.243 e. The van der Waals surface area contributed by atoms with Gasteiger partial charge in [-0.3, -0.25) is 0 Å². The zero-order valence-electron chi connectivity index (χ0n) is 12.4. The SMILES string of the molecule is CSCc1cnc(Cl)c(Br)c1.CSCc1cnc(Cl)c(Br)c1.S. The maximum Gasteiger partial charge on any atom is 0.143 e. The molecule has 2 aromatic heterocycles. The topological polar surface area (TPSA) is 25.8 Å². The number of pyridine rings is 2. The van der Waals surface area contributed by atoms with E-state index in [-0.39, 0.29) is 13.5 Å². The first-order chi connectivity index (χ1) is 10.5. The first-order valence-corrected chi connectivity index (χ1v) is 11.2. The van der Waals surface area contributed by atoms with Gasteiger partial charge in [0.15, 0.2) is 0 Å². The summed E-state index contributed by atoms with van der Waals surface area (Å²) in [5, 5.41) is 1.05. The highest BCUT2D eigenvalue weighted by Gasteiger charge is 1.99. The van der Waals surface area contributed by atoms with E-state index in [2.05, 4.69) is 54.3 Å². The summed E-state index contributed by atoms with van der Waals surface area (Å²) in [6.45, 7) is 0. The van der Waals surface area contributed by atoms with E-state index in [0.29, 0.717) is 10.3 Å². The molecule has 2 rings (SSSR count). The zero-order valence-corrected chi connectivity index (χ0v) is 19.8. The highest BCUT2D eigenvalue weighted by atomic mass is 79.9. The van der Waals surface area contributed by atoms with Gasteiger partial charge in [0.2, 0.25) is 0 Å². The quantitative estimate of drug-likeness (QED) is 0.398. The number of nitrogens with zero attached hydrogens (tertiary/aromatic N) is 2. The summed E-state index contributed by atoms with van der Waals surface area (Å²) in [7, 11) is 0. The molecule has 0 unspecified atom stereocenters. The number of hydrogen-bond acceptors (Lipinski definition) is 4. The fraction of sp³-hybridized carbons (Fsp3) is 0.286. The molecule has 0 fully saturated rings. The van der Waals surface area contributed by atoms with E-state index in [4.69, 9.17) is 23.2 Å². The largest absolute Gasteiger partial charge is 0.243 e. The Morgan fingerprint density at radius 1 is 0.870 bits per heavy atom. The lowest BCUT2D eigenvalue weighted by molar-refractivity contribution is 1.24. The van der Waals surface area contributed by atoms with Crippen LogP contribution in [-0.4, -0.2) is 22.5 Å². The fourth-order valence-electron chi connectivity index (χ4n) is 1.41. The molecule has 2 nitrogen and oxygen atoms in total. The average Bonchev–Trinajstić information content (AvgIpc) is 2.48. The molecule has 0 N–H and O–H groups in total. The van der Waals surface area contributed by atoms with Gasteiger partial charge in [-0.05, 0) is 67.6 Å². The number of halogens is 4. The van der Waals surface area contributed by atoms with Gasteiger partial charge in [0.1, 0.15) is 10.3 Å². The van der Waals surface area contributed by atoms with Gasteiger partial charge in [-0.15, -0.1) is 0 Å². The predicted octanol–water partition coefficient (Wildman–Crippen LogP) is 6.83. The second-order valence-electron chi connectivity index (χ2n) is 4.10. The summed E-state index contributed by atoms with van der Waals surface area (Å²) in [5.74, 6) is 1.95. The number of rotatable bonds is 4. The molecule has 0 spiro atoms. The fourth-order valence-corrected chi connectivity index (χ4v) is 3.39. The Hall–Kier alpha value is 0.890. The zero-order chi connectivity index (χ0) is 16.5. The summed E-state index contributed by atoms with van der Waals surface area (Å²) in [5.41, 5.74) is 2.38. The summed E-state index contributed by atoms with van der Waals surface area (Å²) >= 11 is 21.6.